The maximum absolute atomic E-state index is 11.9. The van der Waals surface area contributed by atoms with Gasteiger partial charge in [-0.05, 0) is 31.2 Å². The molecule has 0 aliphatic heterocycles. The van der Waals surface area contributed by atoms with E-state index in [1.807, 2.05) is 19.1 Å². The summed E-state index contributed by atoms with van der Waals surface area (Å²) in [6.45, 7) is 1.89. The molecular weight excluding hydrogens is 228 g/mol. The minimum atomic E-state index is -0.247. The quantitative estimate of drug-likeness (QED) is 0.864. The van der Waals surface area contributed by atoms with E-state index in [-0.39, 0.29) is 5.91 Å². The van der Waals surface area contributed by atoms with E-state index in [0.717, 1.165) is 11.4 Å². The van der Waals surface area contributed by atoms with E-state index in [4.69, 9.17) is 0 Å². The van der Waals surface area contributed by atoms with Crippen LogP contribution >= 0.6 is 0 Å². The van der Waals surface area contributed by atoms with E-state index in [0.29, 0.717) is 11.4 Å². The first-order valence-corrected chi connectivity index (χ1v) is 5.57. The predicted molar refractivity (Wildman–Crippen MR) is 70.7 cm³/mol. The molecule has 5 heteroatoms. The van der Waals surface area contributed by atoms with Gasteiger partial charge >= 0.3 is 0 Å². The molecule has 0 aliphatic rings. The van der Waals surface area contributed by atoms with E-state index >= 15 is 0 Å². The zero-order chi connectivity index (χ0) is 13.0. The molecule has 2 N–H and O–H groups in total. The highest BCUT2D eigenvalue weighted by Crippen LogP contribution is 2.09. The molecule has 0 bridgehead atoms. The van der Waals surface area contributed by atoms with Gasteiger partial charge in [0, 0.05) is 12.7 Å². The van der Waals surface area contributed by atoms with Crippen molar-refractivity contribution in [2.24, 2.45) is 0 Å². The summed E-state index contributed by atoms with van der Waals surface area (Å²) in [5, 5.41) is 5.68. The summed E-state index contributed by atoms with van der Waals surface area (Å²) in [7, 11) is 1.80. The van der Waals surface area contributed by atoms with Crippen molar-refractivity contribution < 1.29 is 4.79 Å². The Labute approximate surface area is 105 Å². The average Bonchev–Trinajstić information content (AvgIpc) is 2.41. The Morgan fingerprint density at radius 3 is 2.33 bits per heavy atom. The number of amides is 1. The molecule has 1 amide bonds. The lowest BCUT2D eigenvalue weighted by Gasteiger charge is -2.05. The number of rotatable bonds is 3. The van der Waals surface area contributed by atoms with Gasteiger partial charge in [-0.2, -0.15) is 0 Å². The Balaban J connectivity index is 2.09. The molecule has 92 valence electrons. The van der Waals surface area contributed by atoms with Crippen LogP contribution in [-0.4, -0.2) is 22.9 Å². The number of pyridine rings is 2. The van der Waals surface area contributed by atoms with Crippen molar-refractivity contribution >= 4 is 17.3 Å². The molecule has 2 heterocycles. The molecule has 18 heavy (non-hydrogen) atoms. The van der Waals surface area contributed by atoms with Gasteiger partial charge in [-0.1, -0.05) is 0 Å². The lowest BCUT2D eigenvalue weighted by atomic mass is 10.3. The normalized spacial score (nSPS) is 9.89. The zero-order valence-electron chi connectivity index (χ0n) is 10.3. The summed E-state index contributed by atoms with van der Waals surface area (Å²) in [6, 6.07) is 7.12. The molecule has 2 rings (SSSR count). The molecule has 2 aromatic rings. The molecule has 0 aliphatic carbocycles. The SMILES string of the molecule is CNc1ccc(C(=O)Nc2ccc(C)nc2)nc1. The van der Waals surface area contributed by atoms with Gasteiger partial charge in [0.15, 0.2) is 0 Å². The minimum absolute atomic E-state index is 0.247. The third kappa shape index (κ3) is 2.82. The number of hydrogen-bond acceptors (Lipinski definition) is 4. The molecule has 0 aromatic carbocycles. The third-order valence-corrected chi connectivity index (χ3v) is 2.45. The van der Waals surface area contributed by atoms with E-state index < -0.39 is 0 Å². The Morgan fingerprint density at radius 1 is 1.06 bits per heavy atom. The second-order valence-electron chi connectivity index (χ2n) is 3.82. The van der Waals surface area contributed by atoms with Gasteiger partial charge in [0.05, 0.1) is 23.8 Å². The summed E-state index contributed by atoms with van der Waals surface area (Å²) >= 11 is 0. The average molecular weight is 242 g/mol. The van der Waals surface area contributed by atoms with E-state index in [1.54, 1.807) is 31.6 Å². The highest BCUT2D eigenvalue weighted by Gasteiger charge is 2.07. The molecule has 0 spiro atoms. The molecule has 0 saturated carbocycles. The second-order valence-corrected chi connectivity index (χ2v) is 3.82. The van der Waals surface area contributed by atoms with Crippen LogP contribution in [0.3, 0.4) is 0 Å². The molecule has 0 fully saturated rings. The first-order chi connectivity index (χ1) is 8.69. The van der Waals surface area contributed by atoms with Crippen LogP contribution in [0.15, 0.2) is 36.7 Å². The van der Waals surface area contributed by atoms with Crippen molar-refractivity contribution in [2.45, 2.75) is 6.92 Å². The van der Waals surface area contributed by atoms with Crippen LogP contribution < -0.4 is 10.6 Å². The smallest absolute Gasteiger partial charge is 0.274 e. The Morgan fingerprint density at radius 2 is 1.78 bits per heavy atom. The van der Waals surface area contributed by atoms with E-state index in [1.165, 1.54) is 0 Å². The summed E-state index contributed by atoms with van der Waals surface area (Å²) in [5.74, 6) is -0.247. The van der Waals surface area contributed by atoms with Crippen molar-refractivity contribution in [3.63, 3.8) is 0 Å². The van der Waals surface area contributed by atoms with Gasteiger partial charge in [0.25, 0.3) is 5.91 Å². The lowest BCUT2D eigenvalue weighted by Crippen LogP contribution is -2.13. The number of carbonyl (C=O) groups excluding carboxylic acids is 1. The van der Waals surface area contributed by atoms with E-state index in [9.17, 15) is 4.79 Å². The van der Waals surface area contributed by atoms with Crippen LogP contribution in [0, 0.1) is 6.92 Å². The van der Waals surface area contributed by atoms with Crippen LogP contribution in [0.2, 0.25) is 0 Å². The van der Waals surface area contributed by atoms with Crippen molar-refractivity contribution in [3.05, 3.63) is 48.0 Å². The zero-order valence-corrected chi connectivity index (χ0v) is 10.3. The topological polar surface area (TPSA) is 66.9 Å². The standard InChI is InChI=1S/C13H14N4O/c1-9-3-4-11(8-15-9)17-13(18)12-6-5-10(14-2)7-16-12/h3-8,14H,1-2H3,(H,17,18). The van der Waals surface area contributed by atoms with E-state index in [2.05, 4.69) is 20.6 Å². The van der Waals surface area contributed by atoms with Gasteiger partial charge in [0.2, 0.25) is 0 Å². The Hall–Kier alpha value is -2.43. The number of anilines is 2. The number of aryl methyl sites for hydroxylation is 1. The Bertz CT molecular complexity index is 534. The van der Waals surface area contributed by atoms with Gasteiger partial charge in [0.1, 0.15) is 5.69 Å². The molecular formula is C13H14N4O. The molecule has 0 atom stereocenters. The first-order valence-electron chi connectivity index (χ1n) is 5.57. The number of nitrogens with one attached hydrogen (secondary N) is 2. The second kappa shape index (κ2) is 5.27. The monoisotopic (exact) mass is 242 g/mol. The van der Waals surface area contributed by atoms with Gasteiger partial charge < -0.3 is 10.6 Å². The maximum atomic E-state index is 11.9. The highest BCUT2D eigenvalue weighted by atomic mass is 16.1. The number of carbonyl (C=O) groups is 1. The third-order valence-electron chi connectivity index (χ3n) is 2.45. The predicted octanol–water partition coefficient (Wildman–Crippen LogP) is 2.08. The van der Waals surface area contributed by atoms with Crippen molar-refractivity contribution in [3.8, 4) is 0 Å². The van der Waals surface area contributed by atoms with Crippen molar-refractivity contribution in [1.29, 1.82) is 0 Å². The van der Waals surface area contributed by atoms with Crippen molar-refractivity contribution in [1.82, 2.24) is 9.97 Å². The fraction of sp³-hybridized carbons (Fsp3) is 0.154. The minimum Gasteiger partial charge on any atom is -0.387 e. The van der Waals surface area contributed by atoms with Crippen LogP contribution in [0.25, 0.3) is 0 Å². The van der Waals surface area contributed by atoms with Crippen LogP contribution in [0.1, 0.15) is 16.2 Å². The largest absolute Gasteiger partial charge is 0.387 e. The molecule has 5 nitrogen and oxygen atoms in total. The van der Waals surface area contributed by atoms with Crippen LogP contribution in [0.4, 0.5) is 11.4 Å². The fourth-order valence-electron chi connectivity index (χ4n) is 1.41. The number of nitrogens with zero attached hydrogens (tertiary/aromatic N) is 2. The number of hydrogen-bond donors (Lipinski definition) is 2. The summed E-state index contributed by atoms with van der Waals surface area (Å²) < 4.78 is 0. The van der Waals surface area contributed by atoms with Crippen LogP contribution in [0.5, 0.6) is 0 Å². The molecule has 0 saturated heterocycles. The van der Waals surface area contributed by atoms with Crippen LogP contribution in [-0.2, 0) is 0 Å². The summed E-state index contributed by atoms with van der Waals surface area (Å²) in [4.78, 5) is 20.1. The molecule has 0 radical (unpaired) electrons. The first kappa shape index (κ1) is 12.0. The Kier molecular flexibility index (Phi) is 3.52. The van der Waals surface area contributed by atoms with Gasteiger partial charge in [-0.15, -0.1) is 0 Å². The maximum Gasteiger partial charge on any atom is 0.274 e. The summed E-state index contributed by atoms with van der Waals surface area (Å²) in [5.41, 5.74) is 2.80. The molecule has 0 unspecified atom stereocenters. The highest BCUT2D eigenvalue weighted by molar-refractivity contribution is 6.02. The van der Waals surface area contributed by atoms with Crippen molar-refractivity contribution in [2.75, 3.05) is 17.7 Å². The van der Waals surface area contributed by atoms with Gasteiger partial charge in [-0.25, -0.2) is 4.98 Å². The summed E-state index contributed by atoms with van der Waals surface area (Å²) in [6.07, 6.45) is 3.23. The number of aromatic nitrogens is 2. The lowest BCUT2D eigenvalue weighted by molar-refractivity contribution is 0.102. The fourth-order valence-corrected chi connectivity index (χ4v) is 1.41. The van der Waals surface area contributed by atoms with Gasteiger partial charge in [-0.3, -0.25) is 9.78 Å². The molecule has 2 aromatic heterocycles.